The van der Waals surface area contributed by atoms with Crippen molar-refractivity contribution in [2.24, 2.45) is 0 Å². The number of alkyl halides is 3. The highest BCUT2D eigenvalue weighted by atomic mass is 32.2. The van der Waals surface area contributed by atoms with Crippen LogP contribution < -0.4 is 9.46 Å². The molecule has 1 aliphatic heterocycles. The third-order valence-corrected chi connectivity index (χ3v) is 6.68. The van der Waals surface area contributed by atoms with Crippen LogP contribution in [0.15, 0.2) is 53.6 Å². The van der Waals surface area contributed by atoms with E-state index in [9.17, 15) is 21.6 Å². The molecule has 0 fully saturated rings. The number of hydrogen-bond donors (Lipinski definition) is 1. The Kier molecular flexibility index (Phi) is 5.30. The van der Waals surface area contributed by atoms with Gasteiger partial charge in [-0.25, -0.2) is 18.1 Å². The highest BCUT2D eigenvalue weighted by Gasteiger charge is 2.30. The molecule has 0 amide bonds. The first-order valence-electron chi connectivity index (χ1n) is 9.58. The number of imidazole rings is 1. The Balaban J connectivity index is 1.76. The Morgan fingerprint density at radius 3 is 2.48 bits per heavy atom. The van der Waals surface area contributed by atoms with Crippen molar-refractivity contribution in [2.45, 2.75) is 36.9 Å². The molecule has 1 N–H and O–H groups in total. The van der Waals surface area contributed by atoms with Gasteiger partial charge >= 0.3 is 6.18 Å². The lowest BCUT2D eigenvalue weighted by atomic mass is 10.1. The first-order chi connectivity index (χ1) is 14.6. The molecule has 164 valence electrons. The summed E-state index contributed by atoms with van der Waals surface area (Å²) in [6, 6.07) is 8.61. The van der Waals surface area contributed by atoms with Crippen LogP contribution in [0.25, 0.3) is 11.3 Å². The van der Waals surface area contributed by atoms with Gasteiger partial charge < -0.3 is 9.30 Å². The molecule has 1 atom stereocenters. The molecule has 1 aromatic heterocycles. The molecule has 2 aromatic carbocycles. The predicted octanol–water partition coefficient (Wildman–Crippen LogP) is 4.78. The van der Waals surface area contributed by atoms with Gasteiger partial charge in [0.05, 0.1) is 16.2 Å². The number of benzene rings is 2. The van der Waals surface area contributed by atoms with Crippen LogP contribution in [0.2, 0.25) is 0 Å². The average molecular weight is 451 g/mol. The third-order valence-electron chi connectivity index (χ3n) is 5.27. The molecule has 3 aromatic rings. The number of rotatable bonds is 5. The summed E-state index contributed by atoms with van der Waals surface area (Å²) in [5, 5.41) is 0. The van der Waals surface area contributed by atoms with Gasteiger partial charge in [0.15, 0.2) is 0 Å². The summed E-state index contributed by atoms with van der Waals surface area (Å²) in [5.74, 6) is 1.66. The molecule has 6 nitrogen and oxygen atoms in total. The van der Waals surface area contributed by atoms with E-state index in [0.29, 0.717) is 17.0 Å². The van der Waals surface area contributed by atoms with Crippen molar-refractivity contribution in [2.75, 3.05) is 7.05 Å². The first kappa shape index (κ1) is 21.4. The molecule has 4 rings (SSSR count). The molecule has 0 radical (unpaired) electrons. The van der Waals surface area contributed by atoms with E-state index in [1.54, 1.807) is 0 Å². The Morgan fingerprint density at radius 2 is 1.87 bits per heavy atom. The van der Waals surface area contributed by atoms with Gasteiger partial charge in [0.2, 0.25) is 10.0 Å². The number of aryl methyl sites for hydroxylation is 1. The predicted molar refractivity (Wildman–Crippen MR) is 108 cm³/mol. The van der Waals surface area contributed by atoms with Crippen LogP contribution >= 0.6 is 0 Å². The van der Waals surface area contributed by atoms with Crippen molar-refractivity contribution in [1.82, 2.24) is 14.3 Å². The number of nitrogens with one attached hydrogen (secondary N) is 1. The zero-order valence-corrected chi connectivity index (χ0v) is 17.6. The van der Waals surface area contributed by atoms with Crippen molar-refractivity contribution < 1.29 is 26.3 Å². The van der Waals surface area contributed by atoms with Crippen LogP contribution in [0.1, 0.15) is 30.7 Å². The minimum absolute atomic E-state index is 0.0333. The summed E-state index contributed by atoms with van der Waals surface area (Å²) >= 11 is 0. The maximum Gasteiger partial charge on any atom is 0.416 e. The molecule has 0 bridgehead atoms. The number of halogens is 3. The minimum atomic E-state index is -4.44. The molecule has 10 heteroatoms. The molecule has 1 unspecified atom stereocenters. The van der Waals surface area contributed by atoms with Gasteiger partial charge in [0.25, 0.3) is 0 Å². The molecule has 1 aliphatic rings. The fourth-order valence-electron chi connectivity index (χ4n) is 3.52. The maximum absolute atomic E-state index is 12.8. The van der Waals surface area contributed by atoms with E-state index >= 15 is 0 Å². The van der Waals surface area contributed by atoms with Crippen molar-refractivity contribution in [3.05, 3.63) is 60.0 Å². The van der Waals surface area contributed by atoms with Crippen LogP contribution in [0.4, 0.5) is 13.2 Å². The molecule has 0 aliphatic carbocycles. The van der Waals surface area contributed by atoms with E-state index in [2.05, 4.69) is 16.6 Å². The Labute approximate surface area is 177 Å². The number of sulfonamides is 1. The zero-order valence-electron chi connectivity index (χ0n) is 16.8. The second-order valence-corrected chi connectivity index (χ2v) is 9.24. The summed E-state index contributed by atoms with van der Waals surface area (Å²) in [6.07, 6.45) is -1.63. The van der Waals surface area contributed by atoms with Crippen molar-refractivity contribution in [3.8, 4) is 22.8 Å². The molecule has 31 heavy (non-hydrogen) atoms. The van der Waals surface area contributed by atoms with Gasteiger partial charge in [-0.3, -0.25) is 0 Å². The minimum Gasteiger partial charge on any atom is -0.457 e. The zero-order chi connectivity index (χ0) is 22.4. The van der Waals surface area contributed by atoms with Crippen molar-refractivity contribution in [3.63, 3.8) is 0 Å². The van der Waals surface area contributed by atoms with E-state index in [1.807, 2.05) is 10.8 Å². The second kappa shape index (κ2) is 7.69. The van der Waals surface area contributed by atoms with E-state index in [-0.39, 0.29) is 16.6 Å². The lowest BCUT2D eigenvalue weighted by Crippen LogP contribution is -2.18. The van der Waals surface area contributed by atoms with E-state index in [0.717, 1.165) is 30.9 Å². The van der Waals surface area contributed by atoms with Crippen LogP contribution in [0.5, 0.6) is 11.5 Å². The first-order valence-corrected chi connectivity index (χ1v) is 11.1. The van der Waals surface area contributed by atoms with Gasteiger partial charge in [-0.15, -0.1) is 0 Å². The number of hydrogen-bond acceptors (Lipinski definition) is 4. The lowest BCUT2D eigenvalue weighted by molar-refractivity contribution is -0.137. The normalized spacial score (nSPS) is 16.4. The Bertz CT molecular complexity index is 1220. The van der Waals surface area contributed by atoms with Crippen LogP contribution in [-0.2, 0) is 22.7 Å². The molecule has 2 heterocycles. The third kappa shape index (κ3) is 4.17. The van der Waals surface area contributed by atoms with Crippen molar-refractivity contribution >= 4 is 10.0 Å². The summed E-state index contributed by atoms with van der Waals surface area (Å²) in [4.78, 5) is 4.69. The number of nitrogens with zero attached hydrogens (tertiary/aromatic N) is 2. The van der Waals surface area contributed by atoms with E-state index < -0.39 is 21.8 Å². The largest absolute Gasteiger partial charge is 0.457 e. The number of fused-ring (bicyclic) bond motifs is 1. The van der Waals surface area contributed by atoms with Gasteiger partial charge in [0.1, 0.15) is 17.3 Å². The number of aromatic nitrogens is 2. The van der Waals surface area contributed by atoms with Gasteiger partial charge in [0, 0.05) is 24.2 Å². The highest BCUT2D eigenvalue weighted by Crippen LogP contribution is 2.38. The van der Waals surface area contributed by atoms with E-state index in [1.165, 1.54) is 37.4 Å². The quantitative estimate of drug-likeness (QED) is 0.606. The standard InChI is InChI=1S/C21H20F3N3O3S/c1-13-9-10-27-12-18(26-20(13)27)17-11-16(31(28,29)25-2)7-8-19(17)30-15-5-3-14(4-6-15)21(22,23)24/h3-8,11-13,25H,9-10H2,1-2H3. The van der Waals surface area contributed by atoms with Gasteiger partial charge in [-0.1, -0.05) is 6.92 Å². The number of ether oxygens (including phenoxy) is 1. The highest BCUT2D eigenvalue weighted by molar-refractivity contribution is 7.89. The molecular formula is C21H20F3N3O3S. The molecular weight excluding hydrogens is 431 g/mol. The van der Waals surface area contributed by atoms with E-state index in [4.69, 9.17) is 4.74 Å². The fourth-order valence-corrected chi connectivity index (χ4v) is 4.27. The fraction of sp³-hybridized carbons (Fsp3) is 0.286. The van der Waals surface area contributed by atoms with Crippen LogP contribution in [0, 0.1) is 0 Å². The Hall–Kier alpha value is -2.85. The SMILES string of the molecule is CNS(=O)(=O)c1ccc(Oc2ccc(C(F)(F)F)cc2)c(-c2cn3c(n2)C(C)CC3)c1. The Morgan fingerprint density at radius 1 is 1.16 bits per heavy atom. The molecule has 0 spiro atoms. The van der Waals surface area contributed by atoms with Crippen molar-refractivity contribution in [1.29, 1.82) is 0 Å². The summed E-state index contributed by atoms with van der Waals surface area (Å²) in [5.41, 5.74) is 0.192. The summed E-state index contributed by atoms with van der Waals surface area (Å²) < 4.78 is 73.2. The smallest absolute Gasteiger partial charge is 0.416 e. The lowest BCUT2D eigenvalue weighted by Gasteiger charge is -2.13. The summed E-state index contributed by atoms with van der Waals surface area (Å²) in [7, 11) is -2.40. The van der Waals surface area contributed by atoms with Gasteiger partial charge in [-0.2, -0.15) is 13.2 Å². The molecule has 0 saturated heterocycles. The topological polar surface area (TPSA) is 73.2 Å². The second-order valence-electron chi connectivity index (χ2n) is 7.36. The van der Waals surface area contributed by atoms with Gasteiger partial charge in [-0.05, 0) is 55.9 Å². The van der Waals surface area contributed by atoms with Crippen LogP contribution in [-0.4, -0.2) is 25.0 Å². The maximum atomic E-state index is 12.8. The van der Waals surface area contributed by atoms with Crippen LogP contribution in [0.3, 0.4) is 0 Å². The molecule has 0 saturated carbocycles. The monoisotopic (exact) mass is 451 g/mol. The average Bonchev–Trinajstić information content (AvgIpc) is 3.30. The summed E-state index contributed by atoms with van der Waals surface area (Å²) in [6.45, 7) is 2.88.